The maximum atomic E-state index is 14.1. The van der Waals surface area contributed by atoms with Gasteiger partial charge in [0.25, 0.3) is 10.0 Å². The van der Waals surface area contributed by atoms with Crippen molar-refractivity contribution >= 4 is 50.2 Å². The quantitative estimate of drug-likeness (QED) is 0.468. The maximum Gasteiger partial charge on any atom is 0.271 e. The van der Waals surface area contributed by atoms with E-state index < -0.39 is 15.8 Å². The van der Waals surface area contributed by atoms with Crippen molar-refractivity contribution in [2.24, 2.45) is 0 Å². The predicted molar refractivity (Wildman–Crippen MR) is 124 cm³/mol. The van der Waals surface area contributed by atoms with Crippen LogP contribution in [-0.4, -0.2) is 39.6 Å². The Morgan fingerprint density at radius 2 is 1.94 bits per heavy atom. The highest BCUT2D eigenvalue weighted by atomic mass is 35.5. The number of halogens is 3. The van der Waals surface area contributed by atoms with Gasteiger partial charge in [0.1, 0.15) is 21.9 Å². The molecule has 0 aliphatic carbocycles. The van der Waals surface area contributed by atoms with Crippen LogP contribution in [0.15, 0.2) is 52.7 Å². The molecular formula is C21H19Cl2FN2O3S2. The standard InChI is InChI=1S/C21H19Cl2FN2O3S2/c1-26-9-8-14(12-26)29-19-10-13(6-7-16(19)22)25-31(27,28)20-11-17(23)21(30-20)15-4-2-3-5-18(15)24/h2-7,10-11,14,25H,8-9,12H2,1H3/t14-/m1/s1. The smallest absolute Gasteiger partial charge is 0.271 e. The molecule has 2 heterocycles. The van der Waals surface area contributed by atoms with E-state index in [4.69, 9.17) is 27.9 Å². The van der Waals surface area contributed by atoms with Gasteiger partial charge in [0.05, 0.1) is 20.6 Å². The summed E-state index contributed by atoms with van der Waals surface area (Å²) in [5.41, 5.74) is 0.561. The van der Waals surface area contributed by atoms with Crippen LogP contribution in [0.1, 0.15) is 6.42 Å². The van der Waals surface area contributed by atoms with Crippen LogP contribution in [0.5, 0.6) is 5.75 Å². The fourth-order valence-corrected chi connectivity index (χ4v) is 6.39. The molecule has 1 saturated heterocycles. The molecule has 1 fully saturated rings. The zero-order valence-corrected chi connectivity index (χ0v) is 19.6. The molecule has 0 unspecified atom stereocenters. The number of hydrogen-bond acceptors (Lipinski definition) is 5. The zero-order valence-electron chi connectivity index (χ0n) is 16.4. The first-order chi connectivity index (χ1) is 14.7. The van der Waals surface area contributed by atoms with Gasteiger partial charge in [-0.25, -0.2) is 12.8 Å². The highest BCUT2D eigenvalue weighted by Crippen LogP contribution is 2.40. The highest BCUT2D eigenvalue weighted by Gasteiger charge is 2.24. The van der Waals surface area contributed by atoms with Gasteiger partial charge >= 0.3 is 0 Å². The van der Waals surface area contributed by atoms with Crippen LogP contribution in [0.4, 0.5) is 10.1 Å². The van der Waals surface area contributed by atoms with Crippen LogP contribution in [0.2, 0.25) is 10.0 Å². The summed E-state index contributed by atoms with van der Waals surface area (Å²) in [6.07, 6.45) is 0.865. The van der Waals surface area contributed by atoms with Gasteiger partial charge in [0.2, 0.25) is 0 Å². The van der Waals surface area contributed by atoms with Crippen LogP contribution in [-0.2, 0) is 10.0 Å². The molecule has 31 heavy (non-hydrogen) atoms. The lowest BCUT2D eigenvalue weighted by molar-refractivity contribution is 0.208. The number of sulfonamides is 1. The summed E-state index contributed by atoms with van der Waals surface area (Å²) in [7, 11) is -1.94. The van der Waals surface area contributed by atoms with E-state index >= 15 is 0 Å². The maximum absolute atomic E-state index is 14.1. The summed E-state index contributed by atoms with van der Waals surface area (Å²) in [6.45, 7) is 1.71. The Hall–Kier alpha value is -1.84. The Balaban J connectivity index is 1.57. The Labute approximate surface area is 194 Å². The summed E-state index contributed by atoms with van der Waals surface area (Å²) in [4.78, 5) is 2.50. The average Bonchev–Trinajstić information content (AvgIpc) is 3.30. The molecule has 1 N–H and O–H groups in total. The Morgan fingerprint density at radius 3 is 2.65 bits per heavy atom. The number of likely N-dealkylation sites (tertiary alicyclic amines) is 1. The molecule has 0 spiro atoms. The number of thiophene rings is 1. The SMILES string of the molecule is CN1CC[C@@H](Oc2cc(NS(=O)(=O)c3cc(Cl)c(-c4ccccc4F)s3)ccc2Cl)C1. The molecule has 2 aromatic carbocycles. The molecular weight excluding hydrogens is 482 g/mol. The zero-order chi connectivity index (χ0) is 22.2. The van der Waals surface area contributed by atoms with Gasteiger partial charge in [-0.1, -0.05) is 41.4 Å². The summed E-state index contributed by atoms with van der Waals surface area (Å²) < 4.78 is 48.5. The molecule has 3 aromatic rings. The second-order valence-electron chi connectivity index (χ2n) is 7.26. The largest absolute Gasteiger partial charge is 0.487 e. The lowest BCUT2D eigenvalue weighted by Crippen LogP contribution is -2.21. The number of hydrogen-bond donors (Lipinski definition) is 1. The van der Waals surface area contributed by atoms with Gasteiger partial charge < -0.3 is 9.64 Å². The van der Waals surface area contributed by atoms with E-state index in [2.05, 4.69) is 9.62 Å². The van der Waals surface area contributed by atoms with E-state index in [0.29, 0.717) is 21.3 Å². The Morgan fingerprint density at radius 1 is 1.16 bits per heavy atom. The van der Waals surface area contributed by atoms with Crippen molar-refractivity contribution in [2.75, 3.05) is 24.9 Å². The Kier molecular flexibility index (Phi) is 6.46. The Bertz CT molecular complexity index is 1220. The summed E-state index contributed by atoms with van der Waals surface area (Å²) >= 11 is 13.4. The van der Waals surface area contributed by atoms with E-state index in [1.165, 1.54) is 12.1 Å². The first kappa shape index (κ1) is 22.4. The fourth-order valence-electron chi connectivity index (χ4n) is 3.34. The molecule has 1 aliphatic heterocycles. The minimum atomic E-state index is -3.95. The van der Waals surface area contributed by atoms with E-state index in [1.807, 2.05) is 7.05 Å². The van der Waals surface area contributed by atoms with Crippen molar-refractivity contribution < 1.29 is 17.5 Å². The number of anilines is 1. The molecule has 0 radical (unpaired) electrons. The van der Waals surface area contributed by atoms with Gasteiger partial charge in [0.15, 0.2) is 0 Å². The van der Waals surface area contributed by atoms with E-state index in [0.717, 1.165) is 30.8 Å². The number of nitrogens with one attached hydrogen (secondary N) is 1. The number of nitrogens with zero attached hydrogens (tertiary/aromatic N) is 1. The lowest BCUT2D eigenvalue weighted by atomic mass is 10.2. The molecule has 0 amide bonds. The van der Waals surface area contributed by atoms with Crippen LogP contribution >= 0.6 is 34.5 Å². The normalized spacial score (nSPS) is 17.1. The third-order valence-electron chi connectivity index (χ3n) is 4.87. The summed E-state index contributed by atoms with van der Waals surface area (Å²) in [6, 6.07) is 12.1. The molecule has 1 aromatic heterocycles. The van der Waals surface area contributed by atoms with Crippen LogP contribution in [0, 0.1) is 5.82 Å². The number of rotatable bonds is 6. The molecule has 164 valence electrons. The fraction of sp³-hybridized carbons (Fsp3) is 0.238. The van der Waals surface area contributed by atoms with E-state index in [1.54, 1.807) is 36.4 Å². The second-order valence-corrected chi connectivity index (χ2v) is 11.0. The van der Waals surface area contributed by atoms with Crippen molar-refractivity contribution in [3.8, 4) is 16.2 Å². The van der Waals surface area contributed by atoms with Crippen molar-refractivity contribution in [3.05, 3.63) is 64.4 Å². The lowest BCUT2D eigenvalue weighted by Gasteiger charge is -2.16. The summed E-state index contributed by atoms with van der Waals surface area (Å²) in [5.74, 6) is -0.0568. The van der Waals surface area contributed by atoms with Gasteiger partial charge in [0, 0.05) is 24.7 Å². The molecule has 10 heteroatoms. The first-order valence-electron chi connectivity index (χ1n) is 9.45. The summed E-state index contributed by atoms with van der Waals surface area (Å²) in [5, 5.41) is 0.569. The minimum Gasteiger partial charge on any atom is -0.487 e. The van der Waals surface area contributed by atoms with Gasteiger partial charge in [-0.15, -0.1) is 11.3 Å². The van der Waals surface area contributed by atoms with Crippen molar-refractivity contribution in [1.29, 1.82) is 0 Å². The second kappa shape index (κ2) is 8.96. The minimum absolute atomic E-state index is 0.00575. The topological polar surface area (TPSA) is 58.6 Å². The van der Waals surface area contributed by atoms with Crippen molar-refractivity contribution in [3.63, 3.8) is 0 Å². The number of ether oxygens (including phenoxy) is 1. The van der Waals surface area contributed by atoms with E-state index in [-0.39, 0.29) is 20.9 Å². The van der Waals surface area contributed by atoms with E-state index in [9.17, 15) is 12.8 Å². The van der Waals surface area contributed by atoms with Crippen LogP contribution in [0.3, 0.4) is 0 Å². The molecule has 1 atom stereocenters. The monoisotopic (exact) mass is 500 g/mol. The van der Waals surface area contributed by atoms with Gasteiger partial charge in [-0.05, 0) is 37.7 Å². The van der Waals surface area contributed by atoms with Crippen molar-refractivity contribution in [2.45, 2.75) is 16.7 Å². The van der Waals surface area contributed by atoms with Gasteiger partial charge in [-0.3, -0.25) is 4.72 Å². The first-order valence-corrected chi connectivity index (χ1v) is 12.5. The number of benzene rings is 2. The van der Waals surface area contributed by atoms with Crippen LogP contribution in [0.25, 0.3) is 10.4 Å². The van der Waals surface area contributed by atoms with Gasteiger partial charge in [-0.2, -0.15) is 0 Å². The van der Waals surface area contributed by atoms with Crippen molar-refractivity contribution in [1.82, 2.24) is 4.90 Å². The molecule has 0 saturated carbocycles. The molecule has 1 aliphatic rings. The average molecular weight is 501 g/mol. The molecule has 4 rings (SSSR count). The number of likely N-dealkylation sites (N-methyl/N-ethyl adjacent to an activating group) is 1. The third-order valence-corrected chi connectivity index (χ3v) is 8.62. The van der Waals surface area contributed by atoms with Crippen LogP contribution < -0.4 is 9.46 Å². The highest BCUT2D eigenvalue weighted by molar-refractivity contribution is 7.94. The molecule has 0 bridgehead atoms. The predicted octanol–water partition coefficient (Wildman–Crippen LogP) is 5.74. The molecule has 5 nitrogen and oxygen atoms in total. The third kappa shape index (κ3) is 4.99.